The molecule has 2 nitrogen and oxygen atoms in total. The van der Waals surface area contributed by atoms with E-state index >= 15 is 0 Å². The Labute approximate surface area is 167 Å². The van der Waals surface area contributed by atoms with Gasteiger partial charge in [-0.2, -0.15) is 0 Å². The molecule has 0 aliphatic carbocycles. The summed E-state index contributed by atoms with van der Waals surface area (Å²) in [6.45, 7) is 7.79. The van der Waals surface area contributed by atoms with Crippen LogP contribution in [0.5, 0.6) is 0 Å². The van der Waals surface area contributed by atoms with Crippen LogP contribution in [-0.2, 0) is 4.79 Å². The van der Waals surface area contributed by atoms with E-state index in [4.69, 9.17) is 0 Å². The standard InChI is InChI=1S/C20H39Br2NO/c1-4-5-6-7-8-9-10-11-12-14-20(2,3)15-13-16-23-19(24)18(22)17-21/h18H,4-17H2,1-3H3,(H,23,24). The highest BCUT2D eigenvalue weighted by atomic mass is 79.9. The van der Waals surface area contributed by atoms with Gasteiger partial charge in [0.25, 0.3) is 0 Å². The van der Waals surface area contributed by atoms with Gasteiger partial charge in [0.2, 0.25) is 5.91 Å². The molecule has 1 amide bonds. The zero-order valence-corrected chi connectivity index (χ0v) is 19.3. The maximum absolute atomic E-state index is 11.7. The highest BCUT2D eigenvalue weighted by Crippen LogP contribution is 2.29. The first-order valence-electron chi connectivity index (χ1n) is 9.90. The molecule has 0 fully saturated rings. The molecular weight excluding hydrogens is 430 g/mol. The molecule has 1 unspecified atom stereocenters. The second kappa shape index (κ2) is 15.7. The first kappa shape index (κ1) is 24.4. The predicted octanol–water partition coefficient (Wildman–Crippen LogP) is 6.99. The van der Waals surface area contributed by atoms with Crippen molar-refractivity contribution in [1.82, 2.24) is 5.32 Å². The number of rotatable bonds is 16. The molecule has 0 radical (unpaired) electrons. The first-order valence-corrected chi connectivity index (χ1v) is 11.9. The summed E-state index contributed by atoms with van der Waals surface area (Å²) in [6.07, 6.45) is 16.1. The molecule has 4 heteroatoms. The van der Waals surface area contributed by atoms with Crippen molar-refractivity contribution in [3.63, 3.8) is 0 Å². The molecule has 0 aromatic heterocycles. The van der Waals surface area contributed by atoms with Crippen LogP contribution >= 0.6 is 31.9 Å². The topological polar surface area (TPSA) is 29.1 Å². The average molecular weight is 469 g/mol. The maximum atomic E-state index is 11.7. The summed E-state index contributed by atoms with van der Waals surface area (Å²) in [5, 5.41) is 3.65. The van der Waals surface area contributed by atoms with Gasteiger partial charge in [-0.15, -0.1) is 0 Å². The van der Waals surface area contributed by atoms with Gasteiger partial charge in [-0.25, -0.2) is 0 Å². The molecule has 0 aromatic carbocycles. The van der Waals surface area contributed by atoms with Crippen molar-refractivity contribution in [2.75, 3.05) is 11.9 Å². The number of carbonyl (C=O) groups is 1. The Hall–Kier alpha value is 0.430. The van der Waals surface area contributed by atoms with E-state index in [-0.39, 0.29) is 10.7 Å². The van der Waals surface area contributed by atoms with E-state index in [2.05, 4.69) is 57.9 Å². The fourth-order valence-corrected chi connectivity index (χ4v) is 3.45. The lowest BCUT2D eigenvalue weighted by Crippen LogP contribution is -2.33. The van der Waals surface area contributed by atoms with Gasteiger partial charge < -0.3 is 5.32 Å². The maximum Gasteiger partial charge on any atom is 0.234 e. The SMILES string of the molecule is CCCCCCCCCCCC(C)(C)CCCNC(=O)C(Br)CBr. The molecule has 0 heterocycles. The summed E-state index contributed by atoms with van der Waals surface area (Å²) >= 11 is 6.66. The van der Waals surface area contributed by atoms with E-state index in [0.29, 0.717) is 10.7 Å². The van der Waals surface area contributed by atoms with E-state index in [1.807, 2.05) is 0 Å². The van der Waals surface area contributed by atoms with E-state index < -0.39 is 0 Å². The van der Waals surface area contributed by atoms with Crippen molar-refractivity contribution in [2.24, 2.45) is 5.41 Å². The van der Waals surface area contributed by atoms with Gasteiger partial charge in [-0.3, -0.25) is 4.79 Å². The monoisotopic (exact) mass is 467 g/mol. The van der Waals surface area contributed by atoms with Gasteiger partial charge in [-0.05, 0) is 24.7 Å². The molecule has 1 atom stereocenters. The fourth-order valence-electron chi connectivity index (χ4n) is 3.00. The number of amides is 1. The summed E-state index contributed by atoms with van der Waals surface area (Å²) in [4.78, 5) is 11.5. The second-order valence-corrected chi connectivity index (χ2v) is 9.51. The predicted molar refractivity (Wildman–Crippen MR) is 114 cm³/mol. The normalized spacial score (nSPS) is 13.0. The zero-order valence-electron chi connectivity index (χ0n) is 16.1. The number of unbranched alkanes of at least 4 members (excludes halogenated alkanes) is 8. The minimum Gasteiger partial charge on any atom is -0.355 e. The minimum absolute atomic E-state index is 0.0867. The Kier molecular flexibility index (Phi) is 15.9. The van der Waals surface area contributed by atoms with E-state index in [1.54, 1.807) is 0 Å². The molecule has 1 N–H and O–H groups in total. The summed E-state index contributed by atoms with van der Waals surface area (Å²) in [5.41, 5.74) is 0.398. The Bertz CT molecular complexity index is 308. The lowest BCUT2D eigenvalue weighted by molar-refractivity contribution is -0.120. The highest BCUT2D eigenvalue weighted by molar-refractivity contribution is 9.12. The molecule has 0 saturated carbocycles. The largest absolute Gasteiger partial charge is 0.355 e. The molecule has 0 rings (SSSR count). The van der Waals surface area contributed by atoms with Crippen molar-refractivity contribution in [2.45, 2.75) is 103 Å². The number of halogens is 2. The minimum atomic E-state index is -0.118. The molecule has 0 spiro atoms. The molecule has 0 aliphatic rings. The van der Waals surface area contributed by atoms with Gasteiger partial charge >= 0.3 is 0 Å². The van der Waals surface area contributed by atoms with Gasteiger partial charge in [0.05, 0.1) is 0 Å². The Morgan fingerprint density at radius 1 is 0.917 bits per heavy atom. The van der Waals surface area contributed by atoms with E-state index in [0.717, 1.165) is 13.0 Å². The lowest BCUT2D eigenvalue weighted by atomic mass is 9.82. The van der Waals surface area contributed by atoms with Gasteiger partial charge in [0.1, 0.15) is 4.83 Å². The molecule has 24 heavy (non-hydrogen) atoms. The highest BCUT2D eigenvalue weighted by Gasteiger charge is 2.17. The van der Waals surface area contributed by atoms with Crippen LogP contribution in [0.4, 0.5) is 0 Å². The summed E-state index contributed by atoms with van der Waals surface area (Å²) in [5.74, 6) is 0.0867. The van der Waals surface area contributed by atoms with Crippen molar-refractivity contribution < 1.29 is 4.79 Å². The van der Waals surface area contributed by atoms with Crippen LogP contribution in [0.3, 0.4) is 0 Å². The number of alkyl halides is 2. The number of hydrogen-bond donors (Lipinski definition) is 1. The summed E-state index contributed by atoms with van der Waals surface area (Å²) in [7, 11) is 0. The van der Waals surface area contributed by atoms with Crippen LogP contribution in [0.25, 0.3) is 0 Å². The van der Waals surface area contributed by atoms with Crippen LogP contribution < -0.4 is 5.32 Å². The third kappa shape index (κ3) is 14.7. The first-order chi connectivity index (χ1) is 11.4. The van der Waals surface area contributed by atoms with E-state index in [9.17, 15) is 4.79 Å². The second-order valence-electron chi connectivity index (χ2n) is 7.76. The number of carbonyl (C=O) groups excluding carboxylic acids is 1. The Morgan fingerprint density at radius 2 is 1.42 bits per heavy atom. The van der Waals surface area contributed by atoms with Crippen molar-refractivity contribution in [3.05, 3.63) is 0 Å². The molecule has 0 saturated heterocycles. The molecular formula is C20H39Br2NO. The van der Waals surface area contributed by atoms with Crippen molar-refractivity contribution in [3.8, 4) is 0 Å². The third-order valence-electron chi connectivity index (χ3n) is 4.71. The van der Waals surface area contributed by atoms with Crippen molar-refractivity contribution in [1.29, 1.82) is 0 Å². The van der Waals surface area contributed by atoms with Crippen LogP contribution in [-0.4, -0.2) is 22.6 Å². The van der Waals surface area contributed by atoms with Crippen LogP contribution in [0.15, 0.2) is 0 Å². The van der Waals surface area contributed by atoms with Crippen LogP contribution in [0.1, 0.15) is 97.8 Å². The van der Waals surface area contributed by atoms with Crippen molar-refractivity contribution >= 4 is 37.8 Å². The number of nitrogens with one attached hydrogen (secondary N) is 1. The van der Waals surface area contributed by atoms with Crippen LogP contribution in [0.2, 0.25) is 0 Å². The molecule has 0 aliphatic heterocycles. The van der Waals surface area contributed by atoms with Crippen LogP contribution in [0, 0.1) is 5.41 Å². The van der Waals surface area contributed by atoms with Gasteiger partial charge in [0.15, 0.2) is 0 Å². The number of hydrogen-bond acceptors (Lipinski definition) is 1. The average Bonchev–Trinajstić information content (AvgIpc) is 2.56. The third-order valence-corrected chi connectivity index (χ3v) is 6.96. The Morgan fingerprint density at radius 3 is 1.96 bits per heavy atom. The smallest absolute Gasteiger partial charge is 0.234 e. The zero-order chi connectivity index (χ0) is 18.3. The lowest BCUT2D eigenvalue weighted by Gasteiger charge is -2.24. The summed E-state index contributed by atoms with van der Waals surface area (Å²) < 4.78 is 0. The molecule has 0 aromatic rings. The fraction of sp³-hybridized carbons (Fsp3) is 0.950. The Balaban J connectivity index is 3.53. The summed E-state index contributed by atoms with van der Waals surface area (Å²) in [6, 6.07) is 0. The molecule has 0 bridgehead atoms. The quantitative estimate of drug-likeness (QED) is 0.192. The molecule has 144 valence electrons. The van der Waals surface area contributed by atoms with Gasteiger partial charge in [0, 0.05) is 11.9 Å². The van der Waals surface area contributed by atoms with E-state index in [1.165, 1.54) is 70.6 Å². The van der Waals surface area contributed by atoms with Gasteiger partial charge in [-0.1, -0.05) is 110 Å².